The van der Waals surface area contributed by atoms with Crippen LogP contribution < -0.4 is 10.6 Å². The average Bonchev–Trinajstić information content (AvgIpc) is 2.32. The fraction of sp³-hybridized carbons (Fsp3) is 0.417. The molecule has 0 unspecified atom stereocenters. The minimum atomic E-state index is -0.892. The van der Waals surface area contributed by atoms with Crippen molar-refractivity contribution >= 4 is 34.2 Å². The molecular weight excluding hydrogens is 357 g/mol. The standard InChI is InChI=1S/C12H15BrF2N2O2.ClH/c1-19-5-4-16-2-3-17-12(18)11-9(14)6-8(13)7-10(11)15;/h6-7,16H,2-5H2,1H3,(H,17,18);1H. The van der Waals surface area contributed by atoms with E-state index in [1.165, 1.54) is 0 Å². The fourth-order valence-electron chi connectivity index (χ4n) is 1.41. The Labute approximate surface area is 130 Å². The first-order valence-corrected chi connectivity index (χ1v) is 6.48. The molecule has 2 N–H and O–H groups in total. The van der Waals surface area contributed by atoms with Gasteiger partial charge in [-0.1, -0.05) is 15.9 Å². The first-order chi connectivity index (χ1) is 9.06. The molecule has 0 saturated carbocycles. The van der Waals surface area contributed by atoms with Crippen LogP contribution in [0.4, 0.5) is 8.78 Å². The van der Waals surface area contributed by atoms with Gasteiger partial charge in [-0.2, -0.15) is 0 Å². The number of methoxy groups -OCH3 is 1. The number of hydrogen-bond acceptors (Lipinski definition) is 3. The maximum absolute atomic E-state index is 13.5. The lowest BCUT2D eigenvalue weighted by Crippen LogP contribution is -2.33. The molecular formula is C12H16BrClF2N2O2. The molecule has 0 atom stereocenters. The Bertz CT molecular complexity index is 426. The van der Waals surface area contributed by atoms with E-state index in [0.29, 0.717) is 19.7 Å². The van der Waals surface area contributed by atoms with Crippen molar-refractivity contribution in [3.05, 3.63) is 33.8 Å². The molecule has 0 radical (unpaired) electrons. The number of carbonyl (C=O) groups excluding carboxylic acids is 1. The Morgan fingerprint density at radius 2 is 1.85 bits per heavy atom. The van der Waals surface area contributed by atoms with Crippen LogP contribution in [-0.2, 0) is 4.74 Å². The molecule has 114 valence electrons. The van der Waals surface area contributed by atoms with Crippen LogP contribution in [0.5, 0.6) is 0 Å². The zero-order valence-electron chi connectivity index (χ0n) is 10.8. The Kier molecular flexibility index (Phi) is 9.66. The van der Waals surface area contributed by atoms with Crippen molar-refractivity contribution in [3.8, 4) is 0 Å². The molecule has 0 fully saturated rings. The predicted octanol–water partition coefficient (Wildman–Crippen LogP) is 2.11. The zero-order chi connectivity index (χ0) is 14.3. The van der Waals surface area contributed by atoms with E-state index in [2.05, 4.69) is 26.6 Å². The van der Waals surface area contributed by atoms with Crippen LogP contribution in [0.2, 0.25) is 0 Å². The summed E-state index contributed by atoms with van der Waals surface area (Å²) in [7, 11) is 1.59. The van der Waals surface area contributed by atoms with Crippen LogP contribution in [0.3, 0.4) is 0 Å². The van der Waals surface area contributed by atoms with Crippen LogP contribution in [0, 0.1) is 11.6 Å². The Hall–Kier alpha value is -0.760. The Morgan fingerprint density at radius 3 is 2.40 bits per heavy atom. The summed E-state index contributed by atoms with van der Waals surface area (Å²) >= 11 is 2.95. The molecule has 0 aliphatic heterocycles. The van der Waals surface area contributed by atoms with E-state index >= 15 is 0 Å². The van der Waals surface area contributed by atoms with Gasteiger partial charge in [-0.15, -0.1) is 12.4 Å². The molecule has 0 bridgehead atoms. The van der Waals surface area contributed by atoms with E-state index in [4.69, 9.17) is 4.74 Å². The highest BCUT2D eigenvalue weighted by Crippen LogP contribution is 2.19. The molecule has 1 amide bonds. The number of hydrogen-bond donors (Lipinski definition) is 2. The lowest BCUT2D eigenvalue weighted by atomic mass is 10.2. The van der Waals surface area contributed by atoms with Crippen LogP contribution in [0.1, 0.15) is 10.4 Å². The number of benzene rings is 1. The zero-order valence-corrected chi connectivity index (χ0v) is 13.2. The molecule has 0 aliphatic carbocycles. The second-order valence-electron chi connectivity index (χ2n) is 3.74. The van der Waals surface area contributed by atoms with E-state index in [1.54, 1.807) is 7.11 Å². The molecule has 8 heteroatoms. The summed E-state index contributed by atoms with van der Waals surface area (Å²) in [5, 5.41) is 5.44. The molecule has 0 spiro atoms. The molecule has 0 aromatic heterocycles. The van der Waals surface area contributed by atoms with Crippen molar-refractivity contribution in [1.82, 2.24) is 10.6 Å². The Morgan fingerprint density at radius 1 is 1.25 bits per heavy atom. The van der Waals surface area contributed by atoms with Crippen LogP contribution in [-0.4, -0.2) is 39.3 Å². The third kappa shape index (κ3) is 6.13. The van der Waals surface area contributed by atoms with E-state index < -0.39 is 23.1 Å². The largest absolute Gasteiger partial charge is 0.383 e. The van der Waals surface area contributed by atoms with Gasteiger partial charge in [0.1, 0.15) is 17.2 Å². The highest BCUT2D eigenvalue weighted by molar-refractivity contribution is 9.10. The third-order valence-electron chi connectivity index (χ3n) is 2.30. The van der Waals surface area contributed by atoms with Crippen molar-refractivity contribution in [1.29, 1.82) is 0 Å². The summed E-state index contributed by atoms with van der Waals surface area (Å²) < 4.78 is 32.0. The van der Waals surface area contributed by atoms with Crippen molar-refractivity contribution < 1.29 is 18.3 Å². The van der Waals surface area contributed by atoms with E-state index in [9.17, 15) is 13.6 Å². The third-order valence-corrected chi connectivity index (χ3v) is 2.76. The minimum Gasteiger partial charge on any atom is -0.383 e. The van der Waals surface area contributed by atoms with Gasteiger partial charge in [0, 0.05) is 31.2 Å². The maximum Gasteiger partial charge on any atom is 0.257 e. The van der Waals surface area contributed by atoms with Crippen molar-refractivity contribution in [3.63, 3.8) is 0 Å². The summed E-state index contributed by atoms with van der Waals surface area (Å²) in [6.45, 7) is 1.98. The van der Waals surface area contributed by atoms with E-state index in [-0.39, 0.29) is 23.4 Å². The summed E-state index contributed by atoms with van der Waals surface area (Å²) in [4.78, 5) is 11.6. The van der Waals surface area contributed by atoms with Gasteiger partial charge in [0.05, 0.1) is 6.61 Å². The molecule has 1 aromatic rings. The summed E-state index contributed by atoms with van der Waals surface area (Å²) in [5.74, 6) is -2.55. The van der Waals surface area contributed by atoms with Gasteiger partial charge in [-0.05, 0) is 12.1 Å². The number of amides is 1. The van der Waals surface area contributed by atoms with Gasteiger partial charge in [-0.25, -0.2) is 8.78 Å². The lowest BCUT2D eigenvalue weighted by Gasteiger charge is -2.08. The number of halogens is 4. The Balaban J connectivity index is 0.00000361. The fourth-order valence-corrected chi connectivity index (χ4v) is 1.81. The first-order valence-electron chi connectivity index (χ1n) is 5.68. The van der Waals surface area contributed by atoms with Crippen LogP contribution in [0.15, 0.2) is 16.6 Å². The molecule has 0 saturated heterocycles. The summed E-state index contributed by atoms with van der Waals surface area (Å²) in [6.07, 6.45) is 0. The van der Waals surface area contributed by atoms with E-state index in [1.807, 2.05) is 0 Å². The highest BCUT2D eigenvalue weighted by atomic mass is 79.9. The van der Waals surface area contributed by atoms with Gasteiger partial charge < -0.3 is 15.4 Å². The van der Waals surface area contributed by atoms with Gasteiger partial charge in [0.15, 0.2) is 0 Å². The summed E-state index contributed by atoms with van der Waals surface area (Å²) in [6, 6.07) is 2.10. The van der Waals surface area contributed by atoms with E-state index in [0.717, 1.165) is 12.1 Å². The molecule has 0 heterocycles. The van der Waals surface area contributed by atoms with Gasteiger partial charge in [0.2, 0.25) is 0 Å². The van der Waals surface area contributed by atoms with Crippen molar-refractivity contribution in [2.24, 2.45) is 0 Å². The summed E-state index contributed by atoms with van der Waals surface area (Å²) in [5.41, 5.74) is -0.569. The highest BCUT2D eigenvalue weighted by Gasteiger charge is 2.17. The second-order valence-corrected chi connectivity index (χ2v) is 4.66. The normalized spacial score (nSPS) is 10.0. The minimum absolute atomic E-state index is 0. The lowest BCUT2D eigenvalue weighted by molar-refractivity contribution is 0.0945. The maximum atomic E-state index is 13.5. The van der Waals surface area contributed by atoms with Crippen molar-refractivity contribution in [2.75, 3.05) is 33.4 Å². The van der Waals surface area contributed by atoms with Crippen LogP contribution in [0.25, 0.3) is 0 Å². The molecule has 20 heavy (non-hydrogen) atoms. The number of rotatable bonds is 7. The first kappa shape index (κ1) is 19.2. The smallest absolute Gasteiger partial charge is 0.257 e. The van der Waals surface area contributed by atoms with Crippen LogP contribution >= 0.6 is 28.3 Å². The monoisotopic (exact) mass is 372 g/mol. The number of ether oxygens (including phenoxy) is 1. The molecule has 4 nitrogen and oxygen atoms in total. The van der Waals surface area contributed by atoms with Gasteiger partial charge in [0.25, 0.3) is 5.91 Å². The molecule has 1 rings (SSSR count). The quantitative estimate of drug-likeness (QED) is 0.720. The molecule has 0 aliphatic rings. The number of carbonyl (C=O) groups is 1. The van der Waals surface area contributed by atoms with Gasteiger partial charge in [-0.3, -0.25) is 4.79 Å². The SMILES string of the molecule is COCCNCCNC(=O)c1c(F)cc(Br)cc1F.Cl. The predicted molar refractivity (Wildman–Crippen MR) is 78.4 cm³/mol. The average molecular weight is 374 g/mol. The molecule has 1 aromatic carbocycles. The van der Waals surface area contributed by atoms with Crippen molar-refractivity contribution in [2.45, 2.75) is 0 Å². The topological polar surface area (TPSA) is 50.4 Å². The second kappa shape index (κ2) is 10.0. The number of nitrogens with one attached hydrogen (secondary N) is 2. The van der Waals surface area contributed by atoms with Gasteiger partial charge >= 0.3 is 0 Å².